The Morgan fingerprint density at radius 3 is 2.90 bits per heavy atom. The van der Waals surface area contributed by atoms with Crippen LogP contribution in [0.4, 0.5) is 11.4 Å². The van der Waals surface area contributed by atoms with Crippen LogP contribution in [-0.4, -0.2) is 36.9 Å². The molecule has 1 aliphatic rings. The molecule has 0 radical (unpaired) electrons. The van der Waals surface area contributed by atoms with Gasteiger partial charge in [-0.3, -0.25) is 19.4 Å². The minimum absolute atomic E-state index is 0.168. The van der Waals surface area contributed by atoms with Crippen LogP contribution in [0.15, 0.2) is 48.8 Å². The third-order valence-electron chi connectivity index (χ3n) is 5.08. The van der Waals surface area contributed by atoms with Crippen molar-refractivity contribution in [2.45, 2.75) is 39.8 Å². The molecule has 0 spiro atoms. The molecule has 0 bridgehead atoms. The van der Waals surface area contributed by atoms with E-state index in [-0.39, 0.29) is 12.0 Å². The van der Waals surface area contributed by atoms with Gasteiger partial charge in [0, 0.05) is 42.0 Å². The Kier molecular flexibility index (Phi) is 5.33. The third-order valence-corrected chi connectivity index (χ3v) is 5.08. The highest BCUT2D eigenvalue weighted by Gasteiger charge is 2.27. The number of amides is 1. The summed E-state index contributed by atoms with van der Waals surface area (Å²) in [6.45, 7) is 6.25. The Labute approximate surface area is 174 Å². The number of aliphatic hydroxyl groups excluding tert-OH is 1. The van der Waals surface area contributed by atoms with Crippen LogP contribution in [0.25, 0.3) is 16.8 Å². The molecule has 4 heterocycles. The third kappa shape index (κ3) is 3.95. The fraction of sp³-hybridized carbons (Fsp3) is 0.273. The van der Waals surface area contributed by atoms with Crippen molar-refractivity contribution in [2.75, 3.05) is 10.6 Å². The number of aryl methyl sites for hydroxylation is 2. The zero-order chi connectivity index (χ0) is 21.3. The fourth-order valence-electron chi connectivity index (χ4n) is 3.47. The first-order valence-corrected chi connectivity index (χ1v) is 9.83. The van der Waals surface area contributed by atoms with E-state index in [0.29, 0.717) is 24.2 Å². The smallest absolute Gasteiger partial charge is 0.258 e. The summed E-state index contributed by atoms with van der Waals surface area (Å²) in [5.41, 5.74) is 6.35. The molecule has 0 aliphatic carbocycles. The van der Waals surface area contributed by atoms with E-state index in [1.165, 1.54) is 0 Å². The van der Waals surface area contributed by atoms with E-state index in [1.807, 2.05) is 32.2 Å². The molecule has 8 nitrogen and oxygen atoms in total. The lowest BCUT2D eigenvalue weighted by Crippen LogP contribution is -2.09. The number of carbonyl (C=O) groups is 1. The Balaban J connectivity index is 1.64. The lowest BCUT2D eigenvalue weighted by atomic mass is 10.0. The molecule has 154 valence electrons. The zero-order valence-electron chi connectivity index (χ0n) is 17.2. The minimum Gasteiger partial charge on any atom is -0.393 e. The number of hydrogen-bond donors (Lipinski definition) is 3. The summed E-state index contributed by atoms with van der Waals surface area (Å²) in [6.07, 6.45) is 9.03. The molecule has 1 atom stereocenters. The number of pyridine rings is 2. The molecule has 0 saturated carbocycles. The molecule has 3 aromatic heterocycles. The van der Waals surface area contributed by atoms with Crippen LogP contribution in [0.1, 0.15) is 31.4 Å². The SMILES string of the molecule is CC(Nc1cnn(CCC(C)O)c1)=C1C(=O)Nc2cnc(-c3cnccc3C)cc21. The number of nitrogens with zero attached hydrogens (tertiary/aromatic N) is 4. The first kappa shape index (κ1) is 19.8. The van der Waals surface area contributed by atoms with Crippen molar-refractivity contribution in [3.63, 3.8) is 0 Å². The number of carbonyl (C=O) groups excluding carboxylic acids is 1. The second-order valence-corrected chi connectivity index (χ2v) is 7.51. The number of anilines is 2. The van der Waals surface area contributed by atoms with Gasteiger partial charge in [0.1, 0.15) is 0 Å². The predicted molar refractivity (Wildman–Crippen MR) is 116 cm³/mol. The van der Waals surface area contributed by atoms with E-state index in [2.05, 4.69) is 25.7 Å². The molecule has 30 heavy (non-hydrogen) atoms. The summed E-state index contributed by atoms with van der Waals surface area (Å²) in [4.78, 5) is 21.4. The molecular formula is C22H24N6O2. The second kappa shape index (κ2) is 8.08. The van der Waals surface area contributed by atoms with Crippen molar-refractivity contribution in [1.82, 2.24) is 19.7 Å². The van der Waals surface area contributed by atoms with Gasteiger partial charge in [-0.15, -0.1) is 0 Å². The highest BCUT2D eigenvalue weighted by Crippen LogP contribution is 2.36. The normalized spacial score (nSPS) is 15.5. The number of aromatic nitrogens is 4. The highest BCUT2D eigenvalue weighted by molar-refractivity contribution is 6.32. The molecule has 4 rings (SSSR count). The van der Waals surface area contributed by atoms with Gasteiger partial charge in [-0.25, -0.2) is 0 Å². The first-order valence-electron chi connectivity index (χ1n) is 9.83. The average Bonchev–Trinajstić information content (AvgIpc) is 3.29. The molecule has 3 N–H and O–H groups in total. The minimum atomic E-state index is -0.376. The quantitative estimate of drug-likeness (QED) is 0.545. The molecule has 3 aromatic rings. The van der Waals surface area contributed by atoms with E-state index >= 15 is 0 Å². The molecule has 0 saturated heterocycles. The highest BCUT2D eigenvalue weighted by atomic mass is 16.3. The Morgan fingerprint density at radius 1 is 1.30 bits per heavy atom. The lowest BCUT2D eigenvalue weighted by Gasteiger charge is -2.09. The number of allylic oxidation sites excluding steroid dienone is 1. The van der Waals surface area contributed by atoms with Crippen molar-refractivity contribution >= 4 is 22.9 Å². The van der Waals surface area contributed by atoms with Crippen LogP contribution in [0.5, 0.6) is 0 Å². The van der Waals surface area contributed by atoms with Gasteiger partial charge in [0.05, 0.1) is 41.1 Å². The topological polar surface area (TPSA) is 105 Å². The predicted octanol–water partition coefficient (Wildman–Crippen LogP) is 3.21. The molecule has 1 aliphatic heterocycles. The maximum absolute atomic E-state index is 12.7. The summed E-state index contributed by atoms with van der Waals surface area (Å²) >= 11 is 0. The van der Waals surface area contributed by atoms with Crippen molar-refractivity contribution in [1.29, 1.82) is 0 Å². The van der Waals surface area contributed by atoms with Crippen molar-refractivity contribution in [3.8, 4) is 11.3 Å². The molecular weight excluding hydrogens is 380 g/mol. The number of nitrogens with one attached hydrogen (secondary N) is 2. The fourth-order valence-corrected chi connectivity index (χ4v) is 3.47. The van der Waals surface area contributed by atoms with E-state index < -0.39 is 0 Å². The Hall–Kier alpha value is -3.52. The van der Waals surface area contributed by atoms with Crippen LogP contribution >= 0.6 is 0 Å². The van der Waals surface area contributed by atoms with Gasteiger partial charge >= 0.3 is 0 Å². The van der Waals surface area contributed by atoms with Gasteiger partial charge in [0.15, 0.2) is 0 Å². The average molecular weight is 404 g/mol. The van der Waals surface area contributed by atoms with Gasteiger partial charge in [-0.2, -0.15) is 5.10 Å². The summed E-state index contributed by atoms with van der Waals surface area (Å²) in [5, 5.41) is 19.9. The molecule has 1 amide bonds. The van der Waals surface area contributed by atoms with Crippen molar-refractivity contribution in [3.05, 3.63) is 59.9 Å². The summed E-state index contributed by atoms with van der Waals surface area (Å²) < 4.78 is 1.77. The van der Waals surface area contributed by atoms with Crippen LogP contribution in [0, 0.1) is 6.92 Å². The first-order chi connectivity index (χ1) is 14.4. The van der Waals surface area contributed by atoms with Crippen LogP contribution in [0.3, 0.4) is 0 Å². The zero-order valence-corrected chi connectivity index (χ0v) is 17.2. The standard InChI is InChI=1S/C22H24N6O2/c1-13-4-6-23-10-18(13)19-8-17-20(11-24-19)27-22(30)21(17)15(3)26-16-9-25-28(12-16)7-5-14(2)29/h4,6,8-12,14,26,29H,5,7H2,1-3H3,(H,27,30). The number of fused-ring (bicyclic) bond motifs is 1. The van der Waals surface area contributed by atoms with Gasteiger partial charge in [0.2, 0.25) is 0 Å². The van der Waals surface area contributed by atoms with Gasteiger partial charge < -0.3 is 15.7 Å². The number of hydrogen-bond acceptors (Lipinski definition) is 6. The lowest BCUT2D eigenvalue weighted by molar-refractivity contribution is -0.110. The maximum Gasteiger partial charge on any atom is 0.258 e. The Bertz CT molecular complexity index is 1130. The molecule has 0 aromatic carbocycles. The number of aliphatic hydroxyl groups is 1. The second-order valence-electron chi connectivity index (χ2n) is 7.51. The van der Waals surface area contributed by atoms with Crippen LogP contribution in [0.2, 0.25) is 0 Å². The van der Waals surface area contributed by atoms with E-state index in [1.54, 1.807) is 36.4 Å². The van der Waals surface area contributed by atoms with E-state index in [9.17, 15) is 9.90 Å². The van der Waals surface area contributed by atoms with Crippen LogP contribution in [-0.2, 0) is 11.3 Å². The van der Waals surface area contributed by atoms with Gasteiger partial charge in [-0.1, -0.05) is 0 Å². The van der Waals surface area contributed by atoms with Crippen molar-refractivity contribution < 1.29 is 9.90 Å². The van der Waals surface area contributed by atoms with E-state index in [0.717, 1.165) is 33.8 Å². The molecule has 8 heteroatoms. The van der Waals surface area contributed by atoms with Gasteiger partial charge in [0.25, 0.3) is 5.91 Å². The van der Waals surface area contributed by atoms with Gasteiger partial charge in [-0.05, 0) is 44.9 Å². The number of rotatable bonds is 6. The van der Waals surface area contributed by atoms with Crippen molar-refractivity contribution in [2.24, 2.45) is 0 Å². The largest absolute Gasteiger partial charge is 0.393 e. The molecule has 1 unspecified atom stereocenters. The summed E-state index contributed by atoms with van der Waals surface area (Å²) in [5.74, 6) is -0.168. The summed E-state index contributed by atoms with van der Waals surface area (Å²) in [7, 11) is 0. The van der Waals surface area contributed by atoms with Crippen LogP contribution < -0.4 is 10.6 Å². The summed E-state index contributed by atoms with van der Waals surface area (Å²) in [6, 6.07) is 3.86. The monoisotopic (exact) mass is 404 g/mol. The Morgan fingerprint density at radius 2 is 2.13 bits per heavy atom. The van der Waals surface area contributed by atoms with E-state index in [4.69, 9.17) is 0 Å². The molecule has 0 fully saturated rings. The maximum atomic E-state index is 12.7.